The maximum atomic E-state index is 14.4. The maximum Gasteiger partial charge on any atom is 0.338 e. The summed E-state index contributed by atoms with van der Waals surface area (Å²) < 4.78 is 12.4. The number of allylic oxidation sites excluding steroid dienone is 4. The van der Waals surface area contributed by atoms with E-state index in [4.69, 9.17) is 9.47 Å². The highest BCUT2D eigenvalue weighted by Crippen LogP contribution is 2.47. The molecule has 228 valence electrons. The van der Waals surface area contributed by atoms with E-state index in [2.05, 4.69) is 22.5 Å². The minimum absolute atomic E-state index is 0.0759. The van der Waals surface area contributed by atoms with E-state index >= 15 is 0 Å². The van der Waals surface area contributed by atoms with E-state index in [1.807, 2.05) is 46.8 Å². The van der Waals surface area contributed by atoms with Crippen LogP contribution in [-0.4, -0.2) is 29.9 Å². The van der Waals surface area contributed by atoms with Crippen LogP contribution in [0.2, 0.25) is 0 Å². The third kappa shape index (κ3) is 8.29. The minimum atomic E-state index is -1.48. The second kappa shape index (κ2) is 14.7. The van der Waals surface area contributed by atoms with Crippen molar-refractivity contribution in [2.45, 2.75) is 67.4 Å². The lowest BCUT2D eigenvalue weighted by atomic mass is 9.57. The number of carbonyl (C=O) groups excluding carboxylic acids is 4. The smallest absolute Gasteiger partial charge is 0.338 e. The van der Waals surface area contributed by atoms with Crippen LogP contribution >= 0.6 is 15.9 Å². The van der Waals surface area contributed by atoms with Gasteiger partial charge in [-0.25, -0.2) is 4.79 Å². The predicted molar refractivity (Wildman–Crippen MR) is 172 cm³/mol. The summed E-state index contributed by atoms with van der Waals surface area (Å²) in [7, 11) is 0. The molecule has 0 aromatic heterocycles. The molecule has 1 aliphatic rings. The molecule has 0 aliphatic heterocycles. The highest BCUT2D eigenvalue weighted by Gasteiger charge is 2.54. The van der Waals surface area contributed by atoms with Crippen molar-refractivity contribution in [2.75, 3.05) is 6.61 Å². The zero-order valence-corrected chi connectivity index (χ0v) is 27.5. The standard InChI is InChI=1S/C36H41BrO6/c1-22(2)15-17-36(18-16-23(3)4)25(7)19-29(38)32(34(36)40)33(39)31-27(9-8-10-30(31)42-20-24(5)6)21-43-35(41)26-11-13-28(37)14-12-26/h8-16,25,32H,5,17-21H2,1-4,6-7H3. The summed E-state index contributed by atoms with van der Waals surface area (Å²) in [4.78, 5) is 55.2. The van der Waals surface area contributed by atoms with Gasteiger partial charge >= 0.3 is 5.97 Å². The normalized spacial score (nSPS) is 17.6. The number of benzene rings is 2. The van der Waals surface area contributed by atoms with Crippen molar-refractivity contribution >= 4 is 39.2 Å². The number of Topliss-reactive ketones (excluding diaryl/α,β-unsaturated/α-hetero) is 3. The van der Waals surface area contributed by atoms with Crippen LogP contribution in [0.25, 0.3) is 0 Å². The van der Waals surface area contributed by atoms with Crippen LogP contribution in [0, 0.1) is 17.3 Å². The first-order valence-electron chi connectivity index (χ1n) is 14.5. The Morgan fingerprint density at radius 2 is 1.58 bits per heavy atom. The van der Waals surface area contributed by atoms with Gasteiger partial charge in [-0.2, -0.15) is 0 Å². The summed E-state index contributed by atoms with van der Waals surface area (Å²) in [5.74, 6) is -3.49. The first kappa shape index (κ1) is 33.9. The van der Waals surface area contributed by atoms with Crippen LogP contribution in [0.1, 0.15) is 87.1 Å². The van der Waals surface area contributed by atoms with Crippen LogP contribution < -0.4 is 4.74 Å². The third-order valence-electron chi connectivity index (χ3n) is 7.81. The molecule has 2 aromatic carbocycles. The number of ketones is 3. The van der Waals surface area contributed by atoms with Gasteiger partial charge in [0.2, 0.25) is 0 Å². The molecule has 43 heavy (non-hydrogen) atoms. The van der Waals surface area contributed by atoms with Crippen LogP contribution in [0.15, 0.2) is 82.4 Å². The largest absolute Gasteiger partial charge is 0.489 e. The van der Waals surface area contributed by atoms with Gasteiger partial charge < -0.3 is 9.47 Å². The molecule has 0 N–H and O–H groups in total. The Kier molecular flexibility index (Phi) is 11.6. The van der Waals surface area contributed by atoms with Crippen LogP contribution in [0.3, 0.4) is 0 Å². The third-order valence-corrected chi connectivity index (χ3v) is 8.34. The van der Waals surface area contributed by atoms with Crippen molar-refractivity contribution in [3.63, 3.8) is 0 Å². The second-order valence-corrected chi connectivity index (χ2v) is 12.9. The Bertz CT molecular complexity index is 1440. The molecule has 0 bridgehead atoms. The van der Waals surface area contributed by atoms with E-state index in [1.54, 1.807) is 49.4 Å². The molecule has 2 unspecified atom stereocenters. The van der Waals surface area contributed by atoms with Gasteiger partial charge in [0.25, 0.3) is 0 Å². The van der Waals surface area contributed by atoms with Gasteiger partial charge in [-0.05, 0) is 89.3 Å². The quantitative estimate of drug-likeness (QED) is 0.0993. The van der Waals surface area contributed by atoms with Crippen molar-refractivity contribution in [2.24, 2.45) is 17.3 Å². The maximum absolute atomic E-state index is 14.4. The van der Waals surface area contributed by atoms with Gasteiger partial charge in [-0.15, -0.1) is 0 Å². The number of hydrogen-bond donors (Lipinski definition) is 0. The average molecular weight is 650 g/mol. The molecular weight excluding hydrogens is 608 g/mol. The molecule has 0 spiro atoms. The summed E-state index contributed by atoms with van der Waals surface area (Å²) in [5, 5.41) is 0. The lowest BCUT2D eigenvalue weighted by Gasteiger charge is -2.42. The van der Waals surface area contributed by atoms with E-state index in [9.17, 15) is 19.2 Å². The molecule has 0 radical (unpaired) electrons. The zero-order chi connectivity index (χ0) is 31.9. The molecule has 1 aliphatic carbocycles. The lowest BCUT2D eigenvalue weighted by molar-refractivity contribution is -0.145. The van der Waals surface area contributed by atoms with Gasteiger partial charge in [-0.3, -0.25) is 14.4 Å². The van der Waals surface area contributed by atoms with Crippen LogP contribution in [-0.2, 0) is 20.9 Å². The molecular formula is C36H41BrO6. The van der Waals surface area contributed by atoms with E-state index in [1.165, 1.54) is 0 Å². The summed E-state index contributed by atoms with van der Waals surface area (Å²) in [5.41, 5.74) is 2.71. The fraction of sp³-hybridized carbons (Fsp3) is 0.389. The number of carbonyl (C=O) groups is 4. The molecule has 0 amide bonds. The molecule has 2 atom stereocenters. The molecule has 2 aromatic rings. The van der Waals surface area contributed by atoms with Crippen LogP contribution in [0.4, 0.5) is 0 Å². The van der Waals surface area contributed by atoms with E-state index in [0.29, 0.717) is 24.0 Å². The number of rotatable bonds is 12. The molecule has 7 heteroatoms. The summed E-state index contributed by atoms with van der Waals surface area (Å²) in [6.07, 6.45) is 5.00. The summed E-state index contributed by atoms with van der Waals surface area (Å²) in [6, 6.07) is 11.7. The molecule has 6 nitrogen and oxygen atoms in total. The van der Waals surface area contributed by atoms with Gasteiger partial charge in [-0.1, -0.05) is 64.9 Å². The Balaban J connectivity index is 2.07. The Morgan fingerprint density at radius 1 is 0.977 bits per heavy atom. The second-order valence-electron chi connectivity index (χ2n) is 12.0. The molecule has 0 heterocycles. The van der Waals surface area contributed by atoms with E-state index < -0.39 is 28.9 Å². The number of ether oxygens (including phenoxy) is 2. The summed E-state index contributed by atoms with van der Waals surface area (Å²) >= 11 is 3.35. The summed E-state index contributed by atoms with van der Waals surface area (Å²) in [6.45, 7) is 15.4. The van der Waals surface area contributed by atoms with Crippen molar-refractivity contribution in [1.29, 1.82) is 0 Å². The first-order chi connectivity index (χ1) is 20.3. The molecule has 1 saturated carbocycles. The predicted octanol–water partition coefficient (Wildman–Crippen LogP) is 8.44. The fourth-order valence-electron chi connectivity index (χ4n) is 5.27. The van der Waals surface area contributed by atoms with Gasteiger partial charge in [0, 0.05) is 21.9 Å². The van der Waals surface area contributed by atoms with Crippen molar-refractivity contribution < 1.29 is 28.7 Å². The Morgan fingerprint density at radius 3 is 2.14 bits per heavy atom. The van der Waals surface area contributed by atoms with Crippen molar-refractivity contribution in [3.05, 3.63) is 99.1 Å². The molecule has 0 saturated heterocycles. The molecule has 3 rings (SSSR count). The first-order valence-corrected chi connectivity index (χ1v) is 15.3. The number of esters is 1. The van der Waals surface area contributed by atoms with E-state index in [0.717, 1.165) is 21.2 Å². The molecule has 1 fully saturated rings. The van der Waals surface area contributed by atoms with E-state index in [-0.39, 0.29) is 42.6 Å². The van der Waals surface area contributed by atoms with Crippen molar-refractivity contribution in [1.82, 2.24) is 0 Å². The van der Waals surface area contributed by atoms with Gasteiger partial charge in [0.05, 0.1) is 11.1 Å². The number of hydrogen-bond acceptors (Lipinski definition) is 6. The fourth-order valence-corrected chi connectivity index (χ4v) is 5.54. The zero-order valence-electron chi connectivity index (χ0n) is 25.9. The van der Waals surface area contributed by atoms with Crippen LogP contribution in [0.5, 0.6) is 5.75 Å². The minimum Gasteiger partial charge on any atom is -0.489 e. The van der Waals surface area contributed by atoms with Crippen molar-refractivity contribution in [3.8, 4) is 5.75 Å². The van der Waals surface area contributed by atoms with Gasteiger partial charge in [0.15, 0.2) is 17.3 Å². The SMILES string of the molecule is C=C(C)COc1cccc(COC(=O)c2ccc(Br)cc2)c1C(=O)C1C(=O)CC(C)C(CC=C(C)C)(CC=C(C)C)C1=O. The Hall–Kier alpha value is -3.58. The highest BCUT2D eigenvalue weighted by atomic mass is 79.9. The topological polar surface area (TPSA) is 86.7 Å². The monoisotopic (exact) mass is 648 g/mol. The highest BCUT2D eigenvalue weighted by molar-refractivity contribution is 9.10. The van der Waals surface area contributed by atoms with Gasteiger partial charge in [0.1, 0.15) is 24.9 Å². The number of halogens is 1. The Labute approximate surface area is 263 Å². The lowest BCUT2D eigenvalue weighted by Crippen LogP contribution is -2.51. The average Bonchev–Trinajstić information content (AvgIpc) is 2.94.